The quantitative estimate of drug-likeness (QED) is 0.856. The molecule has 21 heavy (non-hydrogen) atoms. The molecule has 2 fully saturated rings. The number of hydrogen-bond acceptors (Lipinski definition) is 3. The minimum absolute atomic E-state index is 0.155. The Morgan fingerprint density at radius 3 is 3.05 bits per heavy atom. The van der Waals surface area contributed by atoms with Crippen LogP contribution in [0.5, 0.6) is 0 Å². The van der Waals surface area contributed by atoms with Gasteiger partial charge in [-0.15, -0.1) is 0 Å². The van der Waals surface area contributed by atoms with E-state index in [-0.39, 0.29) is 5.60 Å². The van der Waals surface area contributed by atoms with Crippen molar-refractivity contribution in [2.45, 2.75) is 37.8 Å². The normalized spacial score (nSPS) is 30.7. The molecule has 3 unspecified atom stereocenters. The predicted octanol–water partition coefficient (Wildman–Crippen LogP) is 4.32. The first-order valence-electron chi connectivity index (χ1n) is 7.79. The van der Waals surface area contributed by atoms with Crippen LogP contribution in [-0.2, 0) is 4.74 Å². The second kappa shape index (κ2) is 6.61. The summed E-state index contributed by atoms with van der Waals surface area (Å²) in [7, 11) is 2.09. The van der Waals surface area contributed by atoms with Gasteiger partial charge in [-0.05, 0) is 68.2 Å². The third kappa shape index (κ3) is 3.34. The highest BCUT2D eigenvalue weighted by Crippen LogP contribution is 2.44. The van der Waals surface area contributed by atoms with E-state index in [1.165, 1.54) is 39.9 Å². The smallest absolute Gasteiger partial charge is 0.0783 e. The number of halogens is 1. The first-order valence-corrected chi connectivity index (χ1v) is 9.73. The monoisotopic (exact) mass is 369 g/mol. The van der Waals surface area contributed by atoms with Gasteiger partial charge in [0.15, 0.2) is 0 Å². The maximum atomic E-state index is 6.18. The van der Waals surface area contributed by atoms with Gasteiger partial charge >= 0.3 is 0 Å². The minimum Gasteiger partial charge on any atom is -0.374 e. The summed E-state index contributed by atoms with van der Waals surface area (Å²) in [6, 6.07) is 7.05. The topological polar surface area (TPSA) is 21.3 Å². The van der Waals surface area contributed by atoms with Crippen molar-refractivity contribution in [3.63, 3.8) is 0 Å². The van der Waals surface area contributed by atoms with E-state index in [1.807, 2.05) is 11.8 Å². The van der Waals surface area contributed by atoms with Gasteiger partial charge in [0.1, 0.15) is 0 Å². The van der Waals surface area contributed by atoms with E-state index in [0.29, 0.717) is 12.0 Å². The summed E-state index contributed by atoms with van der Waals surface area (Å²) in [6.07, 6.45) is 3.57. The molecule has 2 aliphatic rings. The summed E-state index contributed by atoms with van der Waals surface area (Å²) in [5.74, 6) is 3.10. The molecule has 4 heteroatoms. The Morgan fingerprint density at radius 1 is 1.48 bits per heavy atom. The van der Waals surface area contributed by atoms with Gasteiger partial charge in [-0.25, -0.2) is 0 Å². The van der Waals surface area contributed by atoms with Crippen LogP contribution in [0.15, 0.2) is 22.7 Å². The molecule has 0 saturated carbocycles. The Labute approximate surface area is 140 Å². The van der Waals surface area contributed by atoms with Crippen LogP contribution < -0.4 is 5.32 Å². The molecule has 2 nitrogen and oxygen atoms in total. The second-order valence-corrected chi connectivity index (χ2v) is 8.38. The molecule has 1 aromatic rings. The zero-order valence-electron chi connectivity index (χ0n) is 12.8. The predicted molar refractivity (Wildman–Crippen MR) is 94.0 cm³/mol. The average Bonchev–Trinajstić information content (AvgIpc) is 2.91. The van der Waals surface area contributed by atoms with Crippen molar-refractivity contribution in [1.82, 2.24) is 5.32 Å². The SMILES string of the molecule is CNC(c1cc(Br)ccc1C)C1CCOC2(CCSC2)C1. The first-order chi connectivity index (χ1) is 10.1. The maximum Gasteiger partial charge on any atom is 0.0783 e. The summed E-state index contributed by atoms with van der Waals surface area (Å²) >= 11 is 5.67. The summed E-state index contributed by atoms with van der Waals surface area (Å²) in [5.41, 5.74) is 2.96. The van der Waals surface area contributed by atoms with Gasteiger partial charge in [0.2, 0.25) is 0 Å². The fourth-order valence-electron chi connectivity index (χ4n) is 3.81. The lowest BCUT2D eigenvalue weighted by molar-refractivity contribution is -0.0851. The van der Waals surface area contributed by atoms with Crippen LogP contribution in [0.25, 0.3) is 0 Å². The van der Waals surface area contributed by atoms with E-state index in [2.05, 4.69) is 53.4 Å². The standard InChI is InChI=1S/C17H24BrNOS/c1-12-3-4-14(18)9-15(12)16(19-2)13-5-7-20-17(10-13)6-8-21-11-17/h3-4,9,13,16,19H,5-8,10-11H2,1-2H3. The van der Waals surface area contributed by atoms with Crippen molar-refractivity contribution < 1.29 is 4.74 Å². The lowest BCUT2D eigenvalue weighted by atomic mass is 9.78. The molecule has 0 aliphatic carbocycles. The van der Waals surface area contributed by atoms with E-state index in [4.69, 9.17) is 4.74 Å². The van der Waals surface area contributed by atoms with Gasteiger partial charge < -0.3 is 10.1 Å². The van der Waals surface area contributed by atoms with Gasteiger partial charge in [-0.1, -0.05) is 22.0 Å². The van der Waals surface area contributed by atoms with E-state index in [0.717, 1.165) is 13.0 Å². The van der Waals surface area contributed by atoms with Crippen molar-refractivity contribution >= 4 is 27.7 Å². The second-order valence-electron chi connectivity index (χ2n) is 6.35. The van der Waals surface area contributed by atoms with Gasteiger partial charge in [0.25, 0.3) is 0 Å². The van der Waals surface area contributed by atoms with Gasteiger partial charge in [-0.2, -0.15) is 11.8 Å². The molecular weight excluding hydrogens is 346 g/mol. The van der Waals surface area contributed by atoms with Crippen molar-refractivity contribution in [1.29, 1.82) is 0 Å². The van der Waals surface area contributed by atoms with Crippen LogP contribution in [0.4, 0.5) is 0 Å². The molecule has 1 N–H and O–H groups in total. The zero-order valence-corrected chi connectivity index (χ0v) is 15.2. The number of benzene rings is 1. The fourth-order valence-corrected chi connectivity index (χ4v) is 5.56. The molecular formula is C17H24BrNOS. The van der Waals surface area contributed by atoms with Crippen LogP contribution >= 0.6 is 27.7 Å². The van der Waals surface area contributed by atoms with Gasteiger partial charge in [-0.3, -0.25) is 0 Å². The number of thioether (sulfide) groups is 1. The molecule has 116 valence electrons. The largest absolute Gasteiger partial charge is 0.374 e. The number of rotatable bonds is 3. The Bertz CT molecular complexity index is 502. The summed E-state index contributed by atoms with van der Waals surface area (Å²) in [4.78, 5) is 0. The number of aryl methyl sites for hydroxylation is 1. The fraction of sp³-hybridized carbons (Fsp3) is 0.647. The van der Waals surface area contributed by atoms with Crippen LogP contribution in [0, 0.1) is 12.8 Å². The van der Waals surface area contributed by atoms with E-state index >= 15 is 0 Å². The van der Waals surface area contributed by atoms with Gasteiger partial charge in [0.05, 0.1) is 5.60 Å². The van der Waals surface area contributed by atoms with Crippen LogP contribution in [-0.4, -0.2) is 30.8 Å². The Hall–Kier alpha value is -0.0300. The number of hydrogen-bond donors (Lipinski definition) is 1. The number of nitrogens with one attached hydrogen (secondary N) is 1. The third-order valence-corrected chi connectivity index (χ3v) is 6.67. The molecule has 3 rings (SSSR count). The first kappa shape index (κ1) is 15.9. The maximum absolute atomic E-state index is 6.18. The van der Waals surface area contributed by atoms with E-state index in [1.54, 1.807) is 0 Å². The lowest BCUT2D eigenvalue weighted by Gasteiger charge is -2.41. The highest BCUT2D eigenvalue weighted by molar-refractivity contribution is 9.10. The highest BCUT2D eigenvalue weighted by atomic mass is 79.9. The minimum atomic E-state index is 0.155. The molecule has 3 atom stereocenters. The van der Waals surface area contributed by atoms with Crippen molar-refractivity contribution in [3.8, 4) is 0 Å². The highest BCUT2D eigenvalue weighted by Gasteiger charge is 2.42. The Kier molecular flexibility index (Phi) is 4.99. The Morgan fingerprint density at radius 2 is 2.33 bits per heavy atom. The summed E-state index contributed by atoms with van der Waals surface area (Å²) in [6.45, 7) is 3.13. The number of ether oxygens (including phenoxy) is 1. The zero-order chi connectivity index (χ0) is 14.9. The van der Waals surface area contributed by atoms with Crippen molar-refractivity contribution in [2.24, 2.45) is 5.92 Å². The molecule has 0 aromatic heterocycles. The molecule has 0 radical (unpaired) electrons. The van der Waals surface area contributed by atoms with Crippen molar-refractivity contribution in [3.05, 3.63) is 33.8 Å². The van der Waals surface area contributed by atoms with E-state index in [9.17, 15) is 0 Å². The van der Waals surface area contributed by atoms with Crippen LogP contribution in [0.2, 0.25) is 0 Å². The van der Waals surface area contributed by atoms with Crippen LogP contribution in [0.3, 0.4) is 0 Å². The van der Waals surface area contributed by atoms with Crippen molar-refractivity contribution in [2.75, 3.05) is 25.2 Å². The van der Waals surface area contributed by atoms with Gasteiger partial charge in [0, 0.05) is 22.9 Å². The molecule has 0 bridgehead atoms. The lowest BCUT2D eigenvalue weighted by Crippen LogP contribution is -2.43. The Balaban J connectivity index is 1.84. The molecule has 2 heterocycles. The van der Waals surface area contributed by atoms with E-state index < -0.39 is 0 Å². The molecule has 1 spiro atoms. The molecule has 2 saturated heterocycles. The molecule has 1 aromatic carbocycles. The molecule has 2 aliphatic heterocycles. The summed E-state index contributed by atoms with van der Waals surface area (Å²) in [5, 5.41) is 3.58. The average molecular weight is 370 g/mol. The van der Waals surface area contributed by atoms with Crippen LogP contribution in [0.1, 0.15) is 36.4 Å². The third-order valence-electron chi connectivity index (χ3n) is 4.96. The summed E-state index contributed by atoms with van der Waals surface area (Å²) < 4.78 is 7.35. The molecule has 0 amide bonds.